The van der Waals surface area contributed by atoms with E-state index in [0.29, 0.717) is 37.5 Å². The number of carbonyl (C=O) groups is 2. The maximum absolute atomic E-state index is 12.1. The zero-order chi connectivity index (χ0) is 17.7. The lowest BCUT2D eigenvalue weighted by Crippen LogP contribution is -2.41. The van der Waals surface area contributed by atoms with E-state index in [4.69, 9.17) is 32.7 Å². The van der Waals surface area contributed by atoms with Gasteiger partial charge in [-0.3, -0.25) is 9.59 Å². The Balaban J connectivity index is 2.02. The van der Waals surface area contributed by atoms with Gasteiger partial charge in [0.1, 0.15) is 6.61 Å². The number of hydrogen-bond donors (Lipinski definition) is 2. The summed E-state index contributed by atoms with van der Waals surface area (Å²) in [6.45, 7) is 0.686. The average Bonchev–Trinajstić information content (AvgIpc) is 2.45. The molecule has 0 atom stereocenters. The Bertz CT molecular complexity index is 608. The molecule has 1 aromatic carbocycles. The fraction of sp³-hybridized carbons (Fsp3) is 0.500. The van der Waals surface area contributed by atoms with Gasteiger partial charge in [0.25, 0.3) is 0 Å². The van der Waals surface area contributed by atoms with Crippen molar-refractivity contribution in [1.82, 2.24) is 0 Å². The molecule has 0 spiro atoms. The van der Waals surface area contributed by atoms with E-state index in [9.17, 15) is 14.7 Å². The van der Waals surface area contributed by atoms with Gasteiger partial charge in [0.05, 0.1) is 22.1 Å². The number of aliphatic carboxylic acids is 1. The summed E-state index contributed by atoms with van der Waals surface area (Å²) >= 11 is 12.2. The molecule has 0 aliphatic heterocycles. The van der Waals surface area contributed by atoms with Crippen LogP contribution < -0.4 is 10.1 Å². The molecule has 1 aromatic rings. The normalized spacial score (nSPS) is 15.5. The molecular weight excluding hydrogens is 357 g/mol. The third-order valence-electron chi connectivity index (χ3n) is 4.08. The van der Waals surface area contributed by atoms with Crippen molar-refractivity contribution in [1.29, 1.82) is 0 Å². The number of ether oxygens (including phenoxy) is 2. The Kier molecular flexibility index (Phi) is 6.32. The molecule has 1 fully saturated rings. The second-order valence-corrected chi connectivity index (χ2v) is 6.59. The van der Waals surface area contributed by atoms with Gasteiger partial charge in [-0.15, -0.1) is 0 Å². The number of rotatable bonds is 8. The van der Waals surface area contributed by atoms with Crippen LogP contribution in [-0.4, -0.2) is 37.3 Å². The first-order valence-electron chi connectivity index (χ1n) is 7.52. The molecule has 1 saturated carbocycles. The molecule has 1 amide bonds. The lowest BCUT2D eigenvalue weighted by Gasteiger charge is -2.36. The smallest absolute Gasteiger partial charge is 0.310 e. The lowest BCUT2D eigenvalue weighted by molar-refractivity contribution is -0.157. The van der Waals surface area contributed by atoms with Crippen molar-refractivity contribution in [2.75, 3.05) is 25.6 Å². The molecule has 24 heavy (non-hydrogen) atoms. The maximum atomic E-state index is 12.1. The van der Waals surface area contributed by atoms with Gasteiger partial charge in [0, 0.05) is 19.2 Å². The van der Waals surface area contributed by atoms with Gasteiger partial charge in [0.15, 0.2) is 5.75 Å². The van der Waals surface area contributed by atoms with Gasteiger partial charge in [-0.05, 0) is 25.0 Å². The van der Waals surface area contributed by atoms with E-state index in [2.05, 4.69) is 5.32 Å². The number of carboxylic acids is 1. The summed E-state index contributed by atoms with van der Waals surface area (Å²) in [5.74, 6) is -0.992. The largest absolute Gasteiger partial charge is 0.488 e. The van der Waals surface area contributed by atoms with Crippen LogP contribution in [0, 0.1) is 5.41 Å². The summed E-state index contributed by atoms with van der Waals surface area (Å²) < 4.78 is 10.3. The minimum atomic E-state index is -0.944. The number of methoxy groups -OCH3 is 1. The van der Waals surface area contributed by atoms with Crippen LogP contribution in [0.5, 0.6) is 5.75 Å². The quantitative estimate of drug-likeness (QED) is 0.678. The van der Waals surface area contributed by atoms with Gasteiger partial charge in [-0.25, -0.2) is 0 Å². The maximum Gasteiger partial charge on any atom is 0.310 e. The number of carboxylic acid groups (broad SMARTS) is 1. The van der Waals surface area contributed by atoms with Crippen LogP contribution in [0.15, 0.2) is 12.1 Å². The van der Waals surface area contributed by atoms with Crippen molar-refractivity contribution in [3.05, 3.63) is 22.2 Å². The lowest BCUT2D eigenvalue weighted by atomic mass is 9.66. The number of anilines is 1. The predicted octanol–water partition coefficient (Wildman–Crippen LogP) is 3.60. The molecule has 0 unspecified atom stereocenters. The predicted molar refractivity (Wildman–Crippen MR) is 91.0 cm³/mol. The summed E-state index contributed by atoms with van der Waals surface area (Å²) in [6, 6.07) is 3.03. The van der Waals surface area contributed by atoms with Gasteiger partial charge < -0.3 is 19.9 Å². The highest BCUT2D eigenvalue weighted by Gasteiger charge is 2.45. The van der Waals surface area contributed by atoms with E-state index in [-0.39, 0.29) is 22.4 Å². The first-order chi connectivity index (χ1) is 11.4. The van der Waals surface area contributed by atoms with E-state index in [1.807, 2.05) is 0 Å². The van der Waals surface area contributed by atoms with Crippen LogP contribution in [0.1, 0.15) is 25.7 Å². The highest BCUT2D eigenvalue weighted by molar-refractivity contribution is 6.37. The number of amides is 1. The number of benzene rings is 1. The Morgan fingerprint density at radius 3 is 2.33 bits per heavy atom. The minimum Gasteiger partial charge on any atom is -0.488 e. The van der Waals surface area contributed by atoms with Crippen LogP contribution in [0.4, 0.5) is 5.69 Å². The molecule has 1 aliphatic rings. The van der Waals surface area contributed by atoms with Gasteiger partial charge >= 0.3 is 5.97 Å². The number of carbonyl (C=O) groups excluding carboxylic acids is 1. The molecular formula is C16H19Cl2NO5. The highest BCUT2D eigenvalue weighted by Crippen LogP contribution is 2.44. The molecule has 0 bridgehead atoms. The van der Waals surface area contributed by atoms with E-state index < -0.39 is 11.4 Å². The molecule has 0 aromatic heterocycles. The summed E-state index contributed by atoms with van der Waals surface area (Å²) in [5, 5.41) is 12.4. The molecule has 1 aliphatic carbocycles. The molecule has 8 heteroatoms. The first kappa shape index (κ1) is 18.8. The Hall–Kier alpha value is -1.50. The summed E-state index contributed by atoms with van der Waals surface area (Å²) in [4.78, 5) is 23.5. The van der Waals surface area contributed by atoms with Crippen molar-refractivity contribution in [3.8, 4) is 5.75 Å². The van der Waals surface area contributed by atoms with Crippen molar-refractivity contribution in [2.24, 2.45) is 5.41 Å². The molecule has 2 N–H and O–H groups in total. The van der Waals surface area contributed by atoms with Crippen molar-refractivity contribution in [2.45, 2.75) is 25.7 Å². The molecule has 0 saturated heterocycles. The van der Waals surface area contributed by atoms with Crippen LogP contribution in [0.2, 0.25) is 10.0 Å². The molecule has 0 heterocycles. The Labute approximate surface area is 150 Å². The molecule has 132 valence electrons. The summed E-state index contributed by atoms with van der Waals surface area (Å²) in [5.41, 5.74) is -0.546. The standard InChI is InChI=1S/C16H19Cl2NO5/c1-23-5-6-24-14-11(17)7-10(8-12(14)18)19-13(20)9-16(15(21)22)3-2-4-16/h7-8H,2-6,9H2,1H3,(H,19,20)(H,21,22). The van der Waals surface area contributed by atoms with Crippen LogP contribution in [0.3, 0.4) is 0 Å². The number of nitrogens with one attached hydrogen (secondary N) is 1. The van der Waals surface area contributed by atoms with Crippen molar-refractivity contribution in [3.63, 3.8) is 0 Å². The van der Waals surface area contributed by atoms with Crippen molar-refractivity contribution < 1.29 is 24.2 Å². The average molecular weight is 376 g/mol. The second kappa shape index (κ2) is 8.05. The fourth-order valence-corrected chi connectivity index (χ4v) is 3.18. The first-order valence-corrected chi connectivity index (χ1v) is 8.27. The Morgan fingerprint density at radius 2 is 1.88 bits per heavy atom. The summed E-state index contributed by atoms with van der Waals surface area (Å²) in [6.07, 6.45) is 1.79. The van der Waals surface area contributed by atoms with Gasteiger partial charge in [0.2, 0.25) is 5.91 Å². The van der Waals surface area contributed by atoms with Crippen molar-refractivity contribution >= 4 is 40.8 Å². The zero-order valence-electron chi connectivity index (χ0n) is 13.2. The monoisotopic (exact) mass is 375 g/mol. The fourth-order valence-electron chi connectivity index (χ4n) is 2.58. The SMILES string of the molecule is COCCOc1c(Cl)cc(NC(=O)CC2(C(=O)O)CCC2)cc1Cl. The third kappa shape index (κ3) is 4.32. The zero-order valence-corrected chi connectivity index (χ0v) is 14.7. The number of hydrogen-bond acceptors (Lipinski definition) is 4. The summed E-state index contributed by atoms with van der Waals surface area (Å²) in [7, 11) is 1.55. The van der Waals surface area contributed by atoms with Gasteiger partial charge in [-0.1, -0.05) is 29.6 Å². The van der Waals surface area contributed by atoms with Gasteiger partial charge in [-0.2, -0.15) is 0 Å². The molecule has 2 rings (SSSR count). The van der Waals surface area contributed by atoms with E-state index in [0.717, 1.165) is 6.42 Å². The minimum absolute atomic E-state index is 0.0658. The Morgan fingerprint density at radius 1 is 1.25 bits per heavy atom. The van der Waals surface area contributed by atoms with E-state index in [1.165, 1.54) is 12.1 Å². The topological polar surface area (TPSA) is 84.9 Å². The van der Waals surface area contributed by atoms with Crippen LogP contribution in [-0.2, 0) is 14.3 Å². The molecule has 6 nitrogen and oxygen atoms in total. The molecule has 0 radical (unpaired) electrons. The van der Waals surface area contributed by atoms with Crippen LogP contribution in [0.25, 0.3) is 0 Å². The van der Waals surface area contributed by atoms with E-state index in [1.54, 1.807) is 7.11 Å². The van der Waals surface area contributed by atoms with E-state index >= 15 is 0 Å². The third-order valence-corrected chi connectivity index (χ3v) is 4.64. The second-order valence-electron chi connectivity index (χ2n) is 5.77. The highest BCUT2D eigenvalue weighted by atomic mass is 35.5. The number of halogens is 2. The van der Waals surface area contributed by atoms with Crippen LogP contribution >= 0.6 is 23.2 Å².